The lowest BCUT2D eigenvalue weighted by molar-refractivity contribution is -0.130. The van der Waals surface area contributed by atoms with E-state index in [0.717, 1.165) is 0 Å². The van der Waals surface area contributed by atoms with E-state index in [1.165, 1.54) is 0 Å². The molecule has 1 N–H and O–H groups in total. The Bertz CT molecular complexity index is 223. The molecule has 0 aromatic heterocycles. The molecule has 0 bridgehead atoms. The number of hydrogen-bond donors (Lipinski definition) is 1. The van der Waals surface area contributed by atoms with Crippen molar-refractivity contribution in [1.82, 2.24) is 5.32 Å². The first-order valence-electron chi connectivity index (χ1n) is 5.80. The molecule has 0 aliphatic rings. The zero-order chi connectivity index (χ0) is 12.4. The van der Waals surface area contributed by atoms with Gasteiger partial charge in [-0.05, 0) is 18.3 Å². The first-order chi connectivity index (χ1) is 6.49. The van der Waals surface area contributed by atoms with Crippen molar-refractivity contribution >= 4 is 5.91 Å². The maximum Gasteiger partial charge on any atom is 0.225 e. The topological polar surface area (TPSA) is 29.1 Å². The van der Waals surface area contributed by atoms with Crippen LogP contribution in [-0.4, -0.2) is 11.9 Å². The van der Waals surface area contributed by atoms with E-state index in [0.29, 0.717) is 5.92 Å². The van der Waals surface area contributed by atoms with Crippen molar-refractivity contribution in [2.24, 2.45) is 16.7 Å². The third-order valence-electron chi connectivity index (χ3n) is 3.63. The maximum absolute atomic E-state index is 11.8. The number of carbonyl (C=O) groups is 1. The summed E-state index contributed by atoms with van der Waals surface area (Å²) < 4.78 is 0. The molecule has 0 aliphatic carbocycles. The molecule has 0 aliphatic heterocycles. The second kappa shape index (κ2) is 4.54. The summed E-state index contributed by atoms with van der Waals surface area (Å²) in [6.07, 6.45) is 0. The summed E-state index contributed by atoms with van der Waals surface area (Å²) in [7, 11) is 0. The highest BCUT2D eigenvalue weighted by molar-refractivity contribution is 5.81. The van der Waals surface area contributed by atoms with Crippen LogP contribution in [-0.2, 0) is 4.79 Å². The van der Waals surface area contributed by atoms with Gasteiger partial charge < -0.3 is 5.32 Å². The minimum Gasteiger partial charge on any atom is -0.353 e. The fourth-order valence-corrected chi connectivity index (χ4v) is 1.10. The normalized spacial score (nSPS) is 15.3. The lowest BCUT2D eigenvalue weighted by Gasteiger charge is -2.37. The Hall–Kier alpha value is -0.530. The van der Waals surface area contributed by atoms with E-state index in [2.05, 4.69) is 39.9 Å². The van der Waals surface area contributed by atoms with Crippen LogP contribution in [0.5, 0.6) is 0 Å². The van der Waals surface area contributed by atoms with Gasteiger partial charge in [0.05, 0.1) is 0 Å². The minimum absolute atomic E-state index is 0.126. The molecule has 0 fully saturated rings. The second-order valence-corrected chi connectivity index (χ2v) is 6.42. The molecular formula is C13H27NO. The van der Waals surface area contributed by atoms with Crippen LogP contribution in [0.1, 0.15) is 55.4 Å². The van der Waals surface area contributed by atoms with Crippen LogP contribution in [0.4, 0.5) is 0 Å². The Morgan fingerprint density at radius 1 is 1.00 bits per heavy atom. The molecule has 0 radical (unpaired) electrons. The molecule has 0 aromatic carbocycles. The summed E-state index contributed by atoms with van der Waals surface area (Å²) in [4.78, 5) is 11.8. The van der Waals surface area contributed by atoms with E-state index in [1.54, 1.807) is 0 Å². The van der Waals surface area contributed by atoms with E-state index in [9.17, 15) is 4.79 Å². The molecule has 0 saturated carbocycles. The number of nitrogens with one attached hydrogen (secondary N) is 1. The average molecular weight is 213 g/mol. The molecule has 2 heteroatoms. The standard InChI is InChI=1S/C13H27NO/c1-9(2)13(7,8)10(3)14-11(15)12(4,5)6/h9-10H,1-8H3,(H,14,15). The van der Waals surface area contributed by atoms with Crippen LogP contribution in [0, 0.1) is 16.7 Å². The summed E-state index contributed by atoms with van der Waals surface area (Å²) >= 11 is 0. The summed E-state index contributed by atoms with van der Waals surface area (Å²) in [6.45, 7) is 16.7. The van der Waals surface area contributed by atoms with Crippen molar-refractivity contribution in [1.29, 1.82) is 0 Å². The summed E-state index contributed by atoms with van der Waals surface area (Å²) in [5, 5.41) is 3.10. The van der Waals surface area contributed by atoms with E-state index < -0.39 is 0 Å². The lowest BCUT2D eigenvalue weighted by Crippen LogP contribution is -2.48. The third kappa shape index (κ3) is 3.84. The van der Waals surface area contributed by atoms with Crippen molar-refractivity contribution in [3.63, 3.8) is 0 Å². The fourth-order valence-electron chi connectivity index (χ4n) is 1.10. The number of amides is 1. The highest BCUT2D eigenvalue weighted by Crippen LogP contribution is 2.30. The predicted octanol–water partition coefficient (Wildman–Crippen LogP) is 3.22. The molecule has 0 rings (SSSR count). The van der Waals surface area contributed by atoms with Gasteiger partial charge in [-0.3, -0.25) is 4.79 Å². The summed E-state index contributed by atoms with van der Waals surface area (Å²) in [5.74, 6) is 0.677. The third-order valence-corrected chi connectivity index (χ3v) is 3.63. The van der Waals surface area contributed by atoms with Gasteiger partial charge in [0.1, 0.15) is 0 Å². The van der Waals surface area contributed by atoms with Crippen molar-refractivity contribution in [2.45, 2.75) is 61.4 Å². The highest BCUT2D eigenvalue weighted by Gasteiger charge is 2.32. The largest absolute Gasteiger partial charge is 0.353 e. The molecule has 2 nitrogen and oxygen atoms in total. The molecule has 1 amide bonds. The number of hydrogen-bond acceptors (Lipinski definition) is 1. The molecule has 0 spiro atoms. The van der Waals surface area contributed by atoms with Crippen LogP contribution in [0.3, 0.4) is 0 Å². The summed E-state index contributed by atoms with van der Waals surface area (Å²) in [5.41, 5.74) is -0.178. The minimum atomic E-state index is -0.304. The molecule has 1 atom stereocenters. The van der Waals surface area contributed by atoms with Crippen LogP contribution >= 0.6 is 0 Å². The molecule has 0 saturated heterocycles. The smallest absolute Gasteiger partial charge is 0.225 e. The van der Waals surface area contributed by atoms with E-state index in [-0.39, 0.29) is 22.8 Å². The van der Waals surface area contributed by atoms with Crippen molar-refractivity contribution in [3.05, 3.63) is 0 Å². The second-order valence-electron chi connectivity index (χ2n) is 6.42. The zero-order valence-electron chi connectivity index (χ0n) is 11.6. The Kier molecular flexibility index (Phi) is 4.38. The van der Waals surface area contributed by atoms with Gasteiger partial charge in [0.2, 0.25) is 5.91 Å². The molecule has 15 heavy (non-hydrogen) atoms. The molecule has 0 aromatic rings. The highest BCUT2D eigenvalue weighted by atomic mass is 16.2. The molecule has 1 unspecified atom stereocenters. The SMILES string of the molecule is CC(C)C(C)(C)C(C)NC(=O)C(C)(C)C. The first-order valence-corrected chi connectivity index (χ1v) is 5.80. The van der Waals surface area contributed by atoms with Gasteiger partial charge >= 0.3 is 0 Å². The quantitative estimate of drug-likeness (QED) is 0.766. The van der Waals surface area contributed by atoms with Crippen molar-refractivity contribution < 1.29 is 4.79 Å². The molecular weight excluding hydrogens is 186 g/mol. The van der Waals surface area contributed by atoms with E-state index in [4.69, 9.17) is 0 Å². The number of carbonyl (C=O) groups excluding carboxylic acids is 1. The van der Waals surface area contributed by atoms with Crippen molar-refractivity contribution in [2.75, 3.05) is 0 Å². The van der Waals surface area contributed by atoms with Gasteiger partial charge in [0.25, 0.3) is 0 Å². The van der Waals surface area contributed by atoms with E-state index >= 15 is 0 Å². The van der Waals surface area contributed by atoms with Crippen LogP contribution in [0.2, 0.25) is 0 Å². The zero-order valence-corrected chi connectivity index (χ0v) is 11.6. The maximum atomic E-state index is 11.8. The van der Waals surface area contributed by atoms with Gasteiger partial charge in [0.15, 0.2) is 0 Å². The summed E-state index contributed by atoms with van der Waals surface area (Å²) in [6, 6.07) is 0.198. The Balaban J connectivity index is 4.51. The van der Waals surface area contributed by atoms with E-state index in [1.807, 2.05) is 20.8 Å². The van der Waals surface area contributed by atoms with Crippen molar-refractivity contribution in [3.8, 4) is 0 Å². The fraction of sp³-hybridized carbons (Fsp3) is 0.923. The van der Waals surface area contributed by atoms with Gasteiger partial charge in [-0.1, -0.05) is 48.5 Å². The Morgan fingerprint density at radius 2 is 1.40 bits per heavy atom. The van der Waals surface area contributed by atoms with Gasteiger partial charge in [0, 0.05) is 11.5 Å². The molecule has 90 valence electrons. The number of rotatable bonds is 3. The average Bonchev–Trinajstić information content (AvgIpc) is 2.01. The van der Waals surface area contributed by atoms with Gasteiger partial charge in [-0.15, -0.1) is 0 Å². The predicted molar refractivity (Wildman–Crippen MR) is 65.7 cm³/mol. The Labute approximate surface area is 94.8 Å². The van der Waals surface area contributed by atoms with Crippen LogP contribution in [0.25, 0.3) is 0 Å². The molecule has 0 heterocycles. The monoisotopic (exact) mass is 213 g/mol. The first kappa shape index (κ1) is 14.5. The van der Waals surface area contributed by atoms with Gasteiger partial charge in [-0.2, -0.15) is 0 Å². The Morgan fingerprint density at radius 3 is 1.67 bits per heavy atom. The lowest BCUT2D eigenvalue weighted by atomic mass is 9.75. The van der Waals surface area contributed by atoms with Crippen LogP contribution < -0.4 is 5.32 Å². The van der Waals surface area contributed by atoms with Crippen LogP contribution in [0.15, 0.2) is 0 Å². The van der Waals surface area contributed by atoms with Gasteiger partial charge in [-0.25, -0.2) is 0 Å².